The Morgan fingerprint density at radius 2 is 1.50 bits per heavy atom. The van der Waals surface area contributed by atoms with Crippen LogP contribution in [0.15, 0.2) is 48.5 Å². The van der Waals surface area contributed by atoms with Crippen LogP contribution < -0.4 is 10.6 Å². The van der Waals surface area contributed by atoms with E-state index in [1.165, 1.54) is 43.3 Å². The highest BCUT2D eigenvalue weighted by molar-refractivity contribution is 6.47. The largest absolute Gasteiger partial charge is 0.478 e. The Balaban J connectivity index is 2.17. The van der Waals surface area contributed by atoms with Crippen LogP contribution in [0.3, 0.4) is 0 Å². The summed E-state index contributed by atoms with van der Waals surface area (Å²) >= 11 is 0. The maximum Gasteiger partial charge on any atom is 0.335 e. The third kappa shape index (κ3) is 4.04. The molecule has 0 atom stereocenters. The highest BCUT2D eigenvalue weighted by Crippen LogP contribution is 2.17. The van der Waals surface area contributed by atoms with E-state index in [4.69, 9.17) is 5.11 Å². The molecule has 0 radical (unpaired) electrons. The number of Topliss-reactive ketones (excluding diaryl/α,β-unsaturated/α-hetero) is 1. The van der Waals surface area contributed by atoms with Crippen molar-refractivity contribution in [1.29, 1.82) is 0 Å². The monoisotopic (exact) mass is 326 g/mol. The lowest BCUT2D eigenvalue weighted by Crippen LogP contribution is -2.24. The minimum atomic E-state index is -1.09. The van der Waals surface area contributed by atoms with Crippen molar-refractivity contribution in [2.75, 3.05) is 10.6 Å². The number of hydrogen-bond donors (Lipinski definition) is 3. The predicted molar refractivity (Wildman–Crippen MR) is 87.1 cm³/mol. The third-order valence-corrected chi connectivity index (χ3v) is 3.08. The van der Waals surface area contributed by atoms with E-state index in [-0.39, 0.29) is 28.4 Å². The summed E-state index contributed by atoms with van der Waals surface area (Å²) in [5.74, 6) is -3.16. The number of amides is 2. The molecule has 0 fully saturated rings. The van der Waals surface area contributed by atoms with Crippen molar-refractivity contribution in [3.8, 4) is 0 Å². The first kappa shape index (κ1) is 16.9. The van der Waals surface area contributed by atoms with Gasteiger partial charge in [0, 0.05) is 12.6 Å². The standard InChI is InChI=1S/C17H14N2O5/c1-10(20)18-14-5-3-2-4-13(14)15(21)16(22)19-12-8-6-11(7-9-12)17(23)24/h2-9H,1H3,(H,18,20)(H,19,22)(H,23,24). The van der Waals surface area contributed by atoms with Crippen molar-refractivity contribution in [2.24, 2.45) is 0 Å². The summed E-state index contributed by atoms with van der Waals surface area (Å²) in [6, 6.07) is 11.5. The number of ketones is 1. The fourth-order valence-electron chi connectivity index (χ4n) is 1.99. The van der Waals surface area contributed by atoms with E-state index in [0.717, 1.165) is 0 Å². The van der Waals surface area contributed by atoms with Crippen molar-refractivity contribution in [2.45, 2.75) is 6.92 Å². The van der Waals surface area contributed by atoms with E-state index in [1.807, 2.05) is 0 Å². The van der Waals surface area contributed by atoms with Crippen LogP contribution in [-0.4, -0.2) is 28.7 Å². The van der Waals surface area contributed by atoms with Gasteiger partial charge in [-0.3, -0.25) is 14.4 Å². The van der Waals surface area contributed by atoms with Crippen molar-refractivity contribution in [3.63, 3.8) is 0 Å². The lowest BCUT2D eigenvalue weighted by atomic mass is 10.1. The number of nitrogens with one attached hydrogen (secondary N) is 2. The third-order valence-electron chi connectivity index (χ3n) is 3.08. The van der Waals surface area contributed by atoms with E-state index in [0.29, 0.717) is 0 Å². The zero-order valence-corrected chi connectivity index (χ0v) is 12.7. The number of benzene rings is 2. The van der Waals surface area contributed by atoms with Crippen molar-refractivity contribution < 1.29 is 24.3 Å². The maximum atomic E-state index is 12.3. The van der Waals surface area contributed by atoms with Crippen LogP contribution in [0.25, 0.3) is 0 Å². The summed E-state index contributed by atoms with van der Waals surface area (Å²) < 4.78 is 0. The lowest BCUT2D eigenvalue weighted by Gasteiger charge is -2.09. The SMILES string of the molecule is CC(=O)Nc1ccccc1C(=O)C(=O)Nc1ccc(C(=O)O)cc1. The maximum absolute atomic E-state index is 12.3. The molecule has 0 spiro atoms. The number of carbonyl (C=O) groups is 4. The molecule has 0 saturated heterocycles. The second-order valence-electron chi connectivity index (χ2n) is 4.89. The van der Waals surface area contributed by atoms with Gasteiger partial charge in [0.25, 0.3) is 11.7 Å². The van der Waals surface area contributed by atoms with Gasteiger partial charge in [0.05, 0.1) is 16.8 Å². The number of hydrogen-bond acceptors (Lipinski definition) is 4. The van der Waals surface area contributed by atoms with Gasteiger partial charge in [-0.25, -0.2) is 4.79 Å². The Morgan fingerprint density at radius 3 is 2.08 bits per heavy atom. The van der Waals surface area contributed by atoms with Crippen LogP contribution in [0, 0.1) is 0 Å². The Hall–Kier alpha value is -3.48. The van der Waals surface area contributed by atoms with Crippen LogP contribution in [0.5, 0.6) is 0 Å². The van der Waals surface area contributed by atoms with Crippen molar-refractivity contribution in [1.82, 2.24) is 0 Å². The van der Waals surface area contributed by atoms with Gasteiger partial charge in [-0.15, -0.1) is 0 Å². The van der Waals surface area contributed by atoms with Gasteiger partial charge in [0.1, 0.15) is 0 Å². The minimum absolute atomic E-state index is 0.0624. The van der Waals surface area contributed by atoms with E-state index in [2.05, 4.69) is 10.6 Å². The van der Waals surface area contributed by atoms with Gasteiger partial charge in [0.15, 0.2) is 0 Å². The molecule has 0 unspecified atom stereocenters. The molecule has 2 aromatic rings. The van der Waals surface area contributed by atoms with Gasteiger partial charge >= 0.3 is 5.97 Å². The van der Waals surface area contributed by atoms with Gasteiger partial charge in [-0.2, -0.15) is 0 Å². The molecule has 3 N–H and O–H groups in total. The van der Waals surface area contributed by atoms with Gasteiger partial charge < -0.3 is 15.7 Å². The van der Waals surface area contributed by atoms with Crippen LogP contribution >= 0.6 is 0 Å². The smallest absolute Gasteiger partial charge is 0.335 e. The van der Waals surface area contributed by atoms with Crippen molar-refractivity contribution in [3.05, 3.63) is 59.7 Å². The predicted octanol–water partition coefficient (Wildman–Crippen LogP) is 2.16. The number of para-hydroxylation sites is 1. The molecule has 0 bridgehead atoms. The minimum Gasteiger partial charge on any atom is -0.478 e. The molecule has 0 aliphatic carbocycles. The lowest BCUT2D eigenvalue weighted by molar-refractivity contribution is -0.114. The number of aromatic carboxylic acids is 1. The molecule has 0 aromatic heterocycles. The number of anilines is 2. The summed E-state index contributed by atoms with van der Waals surface area (Å²) in [6.07, 6.45) is 0. The average molecular weight is 326 g/mol. The zero-order chi connectivity index (χ0) is 17.7. The normalized spacial score (nSPS) is 9.88. The topological polar surface area (TPSA) is 113 Å². The van der Waals surface area contributed by atoms with E-state index < -0.39 is 17.7 Å². The fourth-order valence-corrected chi connectivity index (χ4v) is 1.99. The van der Waals surface area contributed by atoms with E-state index in [1.54, 1.807) is 12.1 Å². The molecule has 7 heteroatoms. The average Bonchev–Trinajstić information content (AvgIpc) is 2.54. The Morgan fingerprint density at radius 1 is 0.875 bits per heavy atom. The summed E-state index contributed by atoms with van der Waals surface area (Å²) in [7, 11) is 0. The molecule has 0 heterocycles. The molecule has 2 rings (SSSR count). The quantitative estimate of drug-likeness (QED) is 0.576. The Bertz CT molecular complexity index is 812. The Kier molecular flexibility index (Phi) is 5.06. The van der Waals surface area contributed by atoms with Gasteiger partial charge in [-0.1, -0.05) is 12.1 Å². The summed E-state index contributed by atoms with van der Waals surface area (Å²) in [6.45, 7) is 1.30. The second kappa shape index (κ2) is 7.19. The van der Waals surface area contributed by atoms with E-state index in [9.17, 15) is 19.2 Å². The van der Waals surface area contributed by atoms with Crippen molar-refractivity contribution >= 4 is 34.9 Å². The molecule has 0 saturated carbocycles. The zero-order valence-electron chi connectivity index (χ0n) is 12.7. The molecule has 2 amide bonds. The summed E-state index contributed by atoms with van der Waals surface area (Å²) in [5, 5.41) is 13.7. The molecule has 0 aliphatic heterocycles. The number of rotatable bonds is 5. The van der Waals surface area contributed by atoms with Gasteiger partial charge in [-0.05, 0) is 36.4 Å². The second-order valence-corrected chi connectivity index (χ2v) is 4.89. The molecule has 2 aromatic carbocycles. The van der Waals surface area contributed by atoms with Gasteiger partial charge in [0.2, 0.25) is 5.91 Å². The summed E-state index contributed by atoms with van der Waals surface area (Å²) in [4.78, 5) is 46.3. The molecule has 0 aliphatic rings. The van der Waals surface area contributed by atoms with Crippen LogP contribution in [0.1, 0.15) is 27.6 Å². The first-order valence-corrected chi connectivity index (χ1v) is 6.94. The molecule has 7 nitrogen and oxygen atoms in total. The molecular weight excluding hydrogens is 312 g/mol. The van der Waals surface area contributed by atoms with Crippen LogP contribution in [0.2, 0.25) is 0 Å². The number of carboxylic acid groups (broad SMARTS) is 1. The Labute approximate surface area is 137 Å². The summed E-state index contributed by atoms with van der Waals surface area (Å²) in [5.41, 5.74) is 0.657. The molecular formula is C17H14N2O5. The first-order chi connectivity index (χ1) is 11.4. The molecule has 122 valence electrons. The molecule has 24 heavy (non-hydrogen) atoms. The number of carboxylic acids is 1. The van der Waals surface area contributed by atoms with E-state index >= 15 is 0 Å². The fraction of sp³-hybridized carbons (Fsp3) is 0.0588. The highest BCUT2D eigenvalue weighted by atomic mass is 16.4. The highest BCUT2D eigenvalue weighted by Gasteiger charge is 2.20. The number of carbonyl (C=O) groups excluding carboxylic acids is 3. The van der Waals surface area contributed by atoms with Crippen LogP contribution in [0.4, 0.5) is 11.4 Å². The van der Waals surface area contributed by atoms with Crippen LogP contribution in [-0.2, 0) is 9.59 Å². The first-order valence-electron chi connectivity index (χ1n) is 6.94.